The quantitative estimate of drug-likeness (QED) is 0.163. The Labute approximate surface area is 294 Å². The van der Waals surface area contributed by atoms with Crippen LogP contribution in [0.2, 0.25) is 0 Å². The van der Waals surface area contributed by atoms with Gasteiger partial charge in [-0.1, -0.05) is 67.6 Å². The second-order valence-electron chi connectivity index (χ2n) is 12.6. The molecule has 0 amide bonds. The SMILES string of the molecule is [C-]#[N+]c1cc(Sc2[c-]c3c(cc2)c2ccccc2n3-c2cc(C(C)(C)C)ccn2)[c-]c(-c2nc(C)nn2-c2c(C)cccc2C)c1.[Pt+2]. The third kappa shape index (κ3) is 6.04. The van der Waals surface area contributed by atoms with Gasteiger partial charge in [0.25, 0.3) is 0 Å². The van der Waals surface area contributed by atoms with E-state index in [0.29, 0.717) is 17.3 Å². The zero-order valence-electron chi connectivity index (χ0n) is 27.0. The van der Waals surface area contributed by atoms with Crippen molar-refractivity contribution in [2.45, 2.75) is 56.7 Å². The zero-order chi connectivity index (χ0) is 32.2. The average Bonchev–Trinajstić information content (AvgIpc) is 3.57. The minimum absolute atomic E-state index is 0. The zero-order valence-corrected chi connectivity index (χ0v) is 30.1. The van der Waals surface area contributed by atoms with Crippen LogP contribution < -0.4 is 0 Å². The average molecular weight is 812 g/mol. The second-order valence-corrected chi connectivity index (χ2v) is 13.6. The maximum Gasteiger partial charge on any atom is 2.00 e. The van der Waals surface area contributed by atoms with Crippen LogP contribution in [0.3, 0.4) is 0 Å². The normalized spacial score (nSPS) is 11.5. The van der Waals surface area contributed by atoms with Crippen LogP contribution >= 0.6 is 11.8 Å². The Morgan fingerprint density at radius 3 is 2.34 bits per heavy atom. The number of fused-ring (bicyclic) bond motifs is 3. The summed E-state index contributed by atoms with van der Waals surface area (Å²) in [5.74, 6) is 2.18. The fourth-order valence-corrected chi connectivity index (χ4v) is 6.81. The van der Waals surface area contributed by atoms with Crippen molar-refractivity contribution in [3.8, 4) is 22.9 Å². The van der Waals surface area contributed by atoms with Crippen molar-refractivity contribution in [3.63, 3.8) is 0 Å². The van der Waals surface area contributed by atoms with E-state index < -0.39 is 0 Å². The molecule has 7 rings (SSSR count). The number of hydrogen-bond acceptors (Lipinski definition) is 4. The van der Waals surface area contributed by atoms with Crippen LogP contribution in [0.1, 0.15) is 43.3 Å². The molecule has 234 valence electrons. The maximum absolute atomic E-state index is 7.87. The molecule has 0 aliphatic heterocycles. The fourth-order valence-electron chi connectivity index (χ4n) is 5.95. The first-order chi connectivity index (χ1) is 22.1. The molecule has 0 aliphatic rings. The molecule has 0 unspecified atom stereocenters. The molecule has 3 aromatic heterocycles. The van der Waals surface area contributed by atoms with Crippen LogP contribution in [0.4, 0.5) is 5.69 Å². The summed E-state index contributed by atoms with van der Waals surface area (Å²) in [7, 11) is 0. The summed E-state index contributed by atoms with van der Waals surface area (Å²) >= 11 is 1.53. The van der Waals surface area contributed by atoms with Crippen molar-refractivity contribution in [3.05, 3.63) is 131 Å². The Morgan fingerprint density at radius 1 is 0.830 bits per heavy atom. The number of nitrogens with zero attached hydrogens (tertiary/aromatic N) is 6. The van der Waals surface area contributed by atoms with Gasteiger partial charge < -0.3 is 4.57 Å². The van der Waals surface area contributed by atoms with Gasteiger partial charge in [-0.3, -0.25) is 14.5 Å². The summed E-state index contributed by atoms with van der Waals surface area (Å²) in [6.45, 7) is 20.5. The molecule has 0 aliphatic carbocycles. The van der Waals surface area contributed by atoms with Crippen molar-refractivity contribution in [1.29, 1.82) is 0 Å². The summed E-state index contributed by atoms with van der Waals surface area (Å²) in [6, 6.07) is 34.1. The summed E-state index contributed by atoms with van der Waals surface area (Å²) in [5, 5.41) is 7.01. The molecule has 0 spiro atoms. The second kappa shape index (κ2) is 12.6. The van der Waals surface area contributed by atoms with Crippen molar-refractivity contribution in [1.82, 2.24) is 24.3 Å². The molecule has 8 heteroatoms. The molecule has 4 aromatic carbocycles. The van der Waals surface area contributed by atoms with E-state index in [4.69, 9.17) is 21.6 Å². The summed E-state index contributed by atoms with van der Waals surface area (Å²) in [5.41, 5.74) is 7.67. The summed E-state index contributed by atoms with van der Waals surface area (Å²) in [6.07, 6.45) is 1.89. The first-order valence-electron chi connectivity index (χ1n) is 15.2. The van der Waals surface area contributed by atoms with E-state index in [9.17, 15) is 0 Å². The van der Waals surface area contributed by atoms with Gasteiger partial charge in [-0.05, 0) is 66.5 Å². The van der Waals surface area contributed by atoms with E-state index in [2.05, 4.69) is 117 Å². The number of pyridine rings is 1. The third-order valence-corrected chi connectivity index (χ3v) is 9.08. The van der Waals surface area contributed by atoms with E-state index in [1.165, 1.54) is 17.3 Å². The number of benzene rings is 4. The predicted octanol–water partition coefficient (Wildman–Crippen LogP) is 9.95. The van der Waals surface area contributed by atoms with Crippen LogP contribution in [0.5, 0.6) is 0 Å². The van der Waals surface area contributed by atoms with Crippen molar-refractivity contribution in [2.24, 2.45) is 0 Å². The first kappa shape index (κ1) is 32.4. The van der Waals surface area contributed by atoms with Gasteiger partial charge in [-0.2, -0.15) is 17.2 Å². The van der Waals surface area contributed by atoms with Gasteiger partial charge in [0, 0.05) is 11.7 Å². The smallest absolute Gasteiger partial charge is 0.319 e. The van der Waals surface area contributed by atoms with Crippen LogP contribution in [0.15, 0.2) is 94.9 Å². The number of aromatic nitrogens is 5. The van der Waals surface area contributed by atoms with Crippen LogP contribution in [-0.2, 0) is 26.5 Å². The number of hydrogen-bond donors (Lipinski definition) is 0. The van der Waals surface area contributed by atoms with Crippen LogP contribution in [-0.4, -0.2) is 24.3 Å². The van der Waals surface area contributed by atoms with Gasteiger partial charge in [0.15, 0.2) is 0 Å². The Hall–Kier alpha value is -4.50. The van der Waals surface area contributed by atoms with Crippen LogP contribution in [0, 0.1) is 39.5 Å². The molecule has 0 saturated carbocycles. The molecule has 0 saturated heterocycles. The van der Waals surface area contributed by atoms with Gasteiger partial charge in [0.05, 0.1) is 18.1 Å². The molecule has 3 heterocycles. The van der Waals surface area contributed by atoms with E-state index >= 15 is 0 Å². The van der Waals surface area contributed by atoms with E-state index in [1.807, 2.05) is 36.0 Å². The standard InChI is InChI=1S/C39H32N6S.Pt/c1-24-11-10-12-25(2)37(24)45-38(42-26(3)43-45)27-19-29(40-7)22-31(20-27)46-30-15-16-33-32-13-8-9-14-34(32)44(35(33)23-30)36-21-28(17-18-41-36)39(4,5)6;/h8-19,21-22H,1-6H3;/q-2;+2. The largest absolute Gasteiger partial charge is 2.00 e. The van der Waals surface area contributed by atoms with Crippen molar-refractivity contribution < 1.29 is 21.1 Å². The molecular formula is C39H32N6PtS. The van der Waals surface area contributed by atoms with Gasteiger partial charge >= 0.3 is 21.1 Å². The Balaban J connectivity index is 0.00000386. The molecule has 0 fully saturated rings. The monoisotopic (exact) mass is 811 g/mol. The Bertz CT molecular complexity index is 2320. The molecule has 7 aromatic rings. The predicted molar refractivity (Wildman–Crippen MR) is 186 cm³/mol. The maximum atomic E-state index is 7.87. The molecule has 0 radical (unpaired) electrons. The van der Waals surface area contributed by atoms with E-state index in [1.54, 1.807) is 0 Å². The number of aryl methyl sites for hydroxylation is 3. The summed E-state index contributed by atoms with van der Waals surface area (Å²) in [4.78, 5) is 15.1. The van der Waals surface area contributed by atoms with Crippen molar-refractivity contribution >= 4 is 39.3 Å². The third-order valence-electron chi connectivity index (χ3n) is 8.18. The topological polar surface area (TPSA) is 52.9 Å². The number of rotatable bonds is 5. The van der Waals surface area contributed by atoms with E-state index in [0.717, 1.165) is 59.8 Å². The van der Waals surface area contributed by atoms with Gasteiger partial charge in [0.1, 0.15) is 17.3 Å². The van der Waals surface area contributed by atoms with Gasteiger partial charge in [-0.25, -0.2) is 4.98 Å². The first-order valence-corrected chi connectivity index (χ1v) is 16.0. The van der Waals surface area contributed by atoms with Gasteiger partial charge in [-0.15, -0.1) is 51.9 Å². The van der Waals surface area contributed by atoms with E-state index in [-0.39, 0.29) is 26.5 Å². The molecule has 0 bridgehead atoms. The van der Waals surface area contributed by atoms with Crippen LogP contribution in [0.25, 0.3) is 49.5 Å². The molecule has 0 N–H and O–H groups in total. The molecular weight excluding hydrogens is 780 g/mol. The summed E-state index contributed by atoms with van der Waals surface area (Å²) < 4.78 is 4.08. The Kier molecular flexibility index (Phi) is 8.70. The molecule has 6 nitrogen and oxygen atoms in total. The fraction of sp³-hybridized carbons (Fsp3) is 0.179. The minimum Gasteiger partial charge on any atom is -0.319 e. The Morgan fingerprint density at radius 2 is 1.60 bits per heavy atom. The molecule has 0 atom stereocenters. The number of para-hydroxylation sites is 2. The van der Waals surface area contributed by atoms with Gasteiger partial charge in [0.2, 0.25) is 0 Å². The minimum atomic E-state index is -0.0106. The molecule has 47 heavy (non-hydrogen) atoms. The van der Waals surface area contributed by atoms with Crippen molar-refractivity contribution in [2.75, 3.05) is 0 Å².